The van der Waals surface area contributed by atoms with Crippen LogP contribution >= 0.6 is 11.8 Å². The zero-order valence-electron chi connectivity index (χ0n) is 19.4. The van der Waals surface area contributed by atoms with E-state index in [-0.39, 0.29) is 17.6 Å². The maximum absolute atomic E-state index is 13.4. The zero-order valence-corrected chi connectivity index (χ0v) is 20.2. The Morgan fingerprint density at radius 2 is 1.48 bits per heavy atom. The number of Topliss-reactive ketones (excluding diaryl/α,β-unsaturated/α-hetero) is 1. The summed E-state index contributed by atoms with van der Waals surface area (Å²) in [5, 5.41) is -0.845. The fourth-order valence-corrected chi connectivity index (χ4v) is 5.67. The molecule has 4 rings (SSSR count). The van der Waals surface area contributed by atoms with E-state index in [2.05, 4.69) is 39.0 Å². The van der Waals surface area contributed by atoms with Crippen LogP contribution in [0.25, 0.3) is 0 Å². The van der Waals surface area contributed by atoms with Gasteiger partial charge in [-0.25, -0.2) is 0 Å². The van der Waals surface area contributed by atoms with Crippen LogP contribution in [0.4, 0.5) is 0 Å². The van der Waals surface area contributed by atoms with E-state index < -0.39 is 16.8 Å². The van der Waals surface area contributed by atoms with Crippen molar-refractivity contribution >= 4 is 23.5 Å². The quantitative estimate of drug-likeness (QED) is 0.313. The third-order valence-electron chi connectivity index (χ3n) is 6.16. The minimum atomic E-state index is -0.939. The van der Waals surface area contributed by atoms with Crippen molar-refractivity contribution in [2.45, 2.75) is 61.2 Å². The molecule has 0 radical (unpaired) electrons. The number of hydrogen-bond acceptors (Lipinski definition) is 4. The number of aryl methyl sites for hydroxylation is 1. The van der Waals surface area contributed by atoms with Crippen molar-refractivity contribution in [3.63, 3.8) is 0 Å². The Balaban J connectivity index is 1.61. The lowest BCUT2D eigenvalue weighted by Gasteiger charge is -2.39. The molecule has 1 heterocycles. The van der Waals surface area contributed by atoms with Gasteiger partial charge in [-0.15, -0.1) is 11.8 Å². The number of ketones is 1. The van der Waals surface area contributed by atoms with Crippen LogP contribution in [0.15, 0.2) is 89.8 Å². The summed E-state index contributed by atoms with van der Waals surface area (Å²) in [6.07, 6.45) is 1.47. The predicted molar refractivity (Wildman–Crippen MR) is 133 cm³/mol. The maximum atomic E-state index is 13.4. The van der Waals surface area contributed by atoms with Crippen molar-refractivity contribution in [2.24, 2.45) is 0 Å². The number of rotatable bonds is 6. The number of benzene rings is 3. The van der Waals surface area contributed by atoms with E-state index in [4.69, 9.17) is 4.74 Å². The Kier molecular flexibility index (Phi) is 6.76. The van der Waals surface area contributed by atoms with Crippen LogP contribution in [0.2, 0.25) is 0 Å². The first kappa shape index (κ1) is 23.3. The highest BCUT2D eigenvalue weighted by Crippen LogP contribution is 2.43. The number of cyclic esters (lactones) is 1. The van der Waals surface area contributed by atoms with Gasteiger partial charge in [0, 0.05) is 4.90 Å². The van der Waals surface area contributed by atoms with E-state index in [0.717, 1.165) is 28.0 Å². The lowest BCUT2D eigenvalue weighted by Crippen LogP contribution is -2.47. The van der Waals surface area contributed by atoms with Crippen molar-refractivity contribution in [3.8, 4) is 0 Å². The van der Waals surface area contributed by atoms with Gasteiger partial charge >= 0.3 is 5.97 Å². The van der Waals surface area contributed by atoms with E-state index in [1.165, 1.54) is 11.8 Å². The molecule has 0 amide bonds. The van der Waals surface area contributed by atoms with Crippen LogP contribution in [0.3, 0.4) is 0 Å². The third-order valence-corrected chi connectivity index (χ3v) is 7.46. The Morgan fingerprint density at radius 3 is 2.12 bits per heavy atom. The molecule has 170 valence electrons. The second-order valence-electron chi connectivity index (χ2n) is 9.65. The van der Waals surface area contributed by atoms with Gasteiger partial charge in [0.1, 0.15) is 5.60 Å². The summed E-state index contributed by atoms with van der Waals surface area (Å²) in [5.41, 5.74) is 2.13. The van der Waals surface area contributed by atoms with Crippen molar-refractivity contribution in [1.82, 2.24) is 0 Å². The summed E-state index contributed by atoms with van der Waals surface area (Å²) >= 11 is 1.32. The van der Waals surface area contributed by atoms with Gasteiger partial charge in [0.05, 0.1) is 6.42 Å². The van der Waals surface area contributed by atoms with Gasteiger partial charge in [0.2, 0.25) is 0 Å². The van der Waals surface area contributed by atoms with Crippen LogP contribution in [0, 0.1) is 0 Å². The molecule has 3 nitrogen and oxygen atoms in total. The SMILES string of the molecule is CC(C)(C)c1ccccc1SC1C(=O)CC(CCc2ccccc2)(c2ccccc2)OC1=O. The van der Waals surface area contributed by atoms with Crippen LogP contribution in [-0.2, 0) is 31.8 Å². The topological polar surface area (TPSA) is 43.4 Å². The van der Waals surface area contributed by atoms with E-state index in [9.17, 15) is 9.59 Å². The van der Waals surface area contributed by atoms with Gasteiger partial charge in [0.15, 0.2) is 11.0 Å². The van der Waals surface area contributed by atoms with E-state index in [1.54, 1.807) is 0 Å². The van der Waals surface area contributed by atoms with E-state index in [0.29, 0.717) is 6.42 Å². The van der Waals surface area contributed by atoms with Crippen LogP contribution in [0.5, 0.6) is 0 Å². The number of carbonyl (C=O) groups excluding carboxylic acids is 2. The molecular weight excluding hydrogens is 428 g/mol. The number of ether oxygens (including phenoxy) is 1. The first-order valence-corrected chi connectivity index (χ1v) is 12.3. The first-order chi connectivity index (χ1) is 15.8. The maximum Gasteiger partial charge on any atom is 0.327 e. The first-order valence-electron chi connectivity index (χ1n) is 11.4. The molecule has 1 aliphatic heterocycles. The normalized spacial score (nSPS) is 21.0. The van der Waals surface area contributed by atoms with Gasteiger partial charge in [-0.05, 0) is 41.0 Å². The molecule has 1 saturated heterocycles. The monoisotopic (exact) mass is 458 g/mol. The average Bonchev–Trinajstić information content (AvgIpc) is 2.81. The van der Waals surface area contributed by atoms with Gasteiger partial charge in [-0.1, -0.05) is 99.6 Å². The second kappa shape index (κ2) is 9.56. The molecule has 3 aromatic carbocycles. The fraction of sp³-hybridized carbons (Fsp3) is 0.310. The highest BCUT2D eigenvalue weighted by atomic mass is 32.2. The highest BCUT2D eigenvalue weighted by molar-refractivity contribution is 8.01. The standard InChI is InChI=1S/C29H30O3S/c1-28(2,3)23-16-10-11-17-25(23)33-26-24(30)20-29(32-27(26)31,22-14-8-5-9-15-22)19-18-21-12-6-4-7-13-21/h4-17,26H,18-20H2,1-3H3. The lowest BCUT2D eigenvalue weighted by atomic mass is 9.81. The largest absolute Gasteiger partial charge is 0.453 e. The summed E-state index contributed by atoms with van der Waals surface area (Å²) in [5.74, 6) is -0.520. The highest BCUT2D eigenvalue weighted by Gasteiger charge is 2.48. The number of thioether (sulfide) groups is 1. The molecule has 0 bridgehead atoms. The zero-order chi connectivity index (χ0) is 23.5. The molecule has 0 N–H and O–H groups in total. The Morgan fingerprint density at radius 1 is 0.879 bits per heavy atom. The fourth-order valence-electron chi connectivity index (χ4n) is 4.40. The lowest BCUT2D eigenvalue weighted by molar-refractivity contribution is -0.171. The summed E-state index contributed by atoms with van der Waals surface area (Å²) in [6, 6.07) is 27.8. The molecular formula is C29H30O3S. The molecule has 4 heteroatoms. The summed E-state index contributed by atoms with van der Waals surface area (Å²) < 4.78 is 6.18. The van der Waals surface area contributed by atoms with Crippen molar-refractivity contribution in [1.29, 1.82) is 0 Å². The van der Waals surface area contributed by atoms with Crippen LogP contribution in [-0.4, -0.2) is 17.0 Å². The molecule has 0 aliphatic carbocycles. The predicted octanol–water partition coefficient (Wildman–Crippen LogP) is 6.49. The Labute approximate surface area is 200 Å². The smallest absolute Gasteiger partial charge is 0.327 e. The molecule has 0 spiro atoms. The van der Waals surface area contributed by atoms with Crippen molar-refractivity contribution in [3.05, 3.63) is 102 Å². The van der Waals surface area contributed by atoms with Gasteiger partial charge in [-0.3, -0.25) is 9.59 Å². The molecule has 1 aliphatic rings. The second-order valence-corrected chi connectivity index (χ2v) is 10.8. The number of carbonyl (C=O) groups is 2. The van der Waals surface area contributed by atoms with Crippen molar-refractivity contribution in [2.75, 3.05) is 0 Å². The van der Waals surface area contributed by atoms with Gasteiger partial charge in [-0.2, -0.15) is 0 Å². The van der Waals surface area contributed by atoms with E-state index >= 15 is 0 Å². The molecule has 2 atom stereocenters. The van der Waals surface area contributed by atoms with Crippen LogP contribution < -0.4 is 0 Å². The number of esters is 1. The van der Waals surface area contributed by atoms with Crippen molar-refractivity contribution < 1.29 is 14.3 Å². The molecule has 3 aromatic rings. The van der Waals surface area contributed by atoms with Gasteiger partial charge < -0.3 is 4.74 Å². The molecule has 1 fully saturated rings. The average molecular weight is 459 g/mol. The minimum absolute atomic E-state index is 0.0723. The van der Waals surface area contributed by atoms with E-state index in [1.807, 2.05) is 66.7 Å². The molecule has 2 unspecified atom stereocenters. The molecule has 33 heavy (non-hydrogen) atoms. The number of hydrogen-bond donors (Lipinski definition) is 0. The third kappa shape index (κ3) is 5.22. The Bertz CT molecular complexity index is 1100. The molecule has 0 aromatic heterocycles. The van der Waals surface area contributed by atoms with Gasteiger partial charge in [0.25, 0.3) is 0 Å². The summed E-state index contributed by atoms with van der Waals surface area (Å²) in [4.78, 5) is 27.7. The minimum Gasteiger partial charge on any atom is -0.453 e. The van der Waals surface area contributed by atoms with Crippen LogP contribution in [0.1, 0.15) is 50.3 Å². The Hall–Kier alpha value is -2.85. The summed E-state index contributed by atoms with van der Waals surface area (Å²) in [6.45, 7) is 6.41. The summed E-state index contributed by atoms with van der Waals surface area (Å²) in [7, 11) is 0. The molecule has 0 saturated carbocycles.